The number of nitrogens with zero attached hydrogens (tertiary/aromatic N) is 3. The van der Waals surface area contributed by atoms with Crippen molar-refractivity contribution >= 4 is 32.9 Å². The Labute approximate surface area is 196 Å². The lowest BCUT2D eigenvalue weighted by Gasteiger charge is -2.40. The van der Waals surface area contributed by atoms with E-state index < -0.39 is 10.0 Å². The quantitative estimate of drug-likeness (QED) is 0.638. The number of anilines is 2. The number of aryl methyl sites for hydroxylation is 1. The molecule has 7 heteroatoms. The van der Waals surface area contributed by atoms with E-state index in [2.05, 4.69) is 36.9 Å². The van der Waals surface area contributed by atoms with Gasteiger partial charge in [0.2, 0.25) is 10.0 Å². The number of sulfonamides is 1. The summed E-state index contributed by atoms with van der Waals surface area (Å²) in [4.78, 5) is 17.2. The van der Waals surface area contributed by atoms with Gasteiger partial charge in [0.05, 0.1) is 10.6 Å². The van der Waals surface area contributed by atoms with Gasteiger partial charge < -0.3 is 9.80 Å². The molecule has 0 radical (unpaired) electrons. The minimum absolute atomic E-state index is 0.0168. The molecule has 1 aliphatic carbocycles. The van der Waals surface area contributed by atoms with Crippen LogP contribution in [0.15, 0.2) is 52.9 Å². The summed E-state index contributed by atoms with van der Waals surface area (Å²) < 4.78 is 28.8. The highest BCUT2D eigenvalue weighted by Crippen LogP contribution is 2.43. The first-order valence-corrected chi connectivity index (χ1v) is 13.2. The predicted octanol–water partition coefficient (Wildman–Crippen LogP) is 4.20. The number of allylic oxidation sites excluding steroid dienone is 1. The Morgan fingerprint density at radius 2 is 1.76 bits per heavy atom. The van der Waals surface area contributed by atoms with Crippen LogP contribution < -0.4 is 9.80 Å². The molecule has 5 rings (SSSR count). The molecule has 3 aliphatic rings. The van der Waals surface area contributed by atoms with Gasteiger partial charge in [0.15, 0.2) is 0 Å². The molecule has 0 aromatic heterocycles. The summed E-state index contributed by atoms with van der Waals surface area (Å²) in [7, 11) is -1.89. The van der Waals surface area contributed by atoms with Crippen LogP contribution in [0.5, 0.6) is 0 Å². The second-order valence-corrected chi connectivity index (χ2v) is 11.4. The molecule has 1 unspecified atom stereocenters. The number of carbonyl (C=O) groups excluding carboxylic acids is 1. The van der Waals surface area contributed by atoms with Gasteiger partial charge in [-0.2, -0.15) is 4.31 Å². The number of fused-ring (bicyclic) bond motifs is 1. The fraction of sp³-hybridized carbons (Fsp3) is 0.423. The van der Waals surface area contributed by atoms with Gasteiger partial charge in [-0.25, -0.2) is 8.42 Å². The van der Waals surface area contributed by atoms with Crippen LogP contribution in [0.3, 0.4) is 0 Å². The highest BCUT2D eigenvalue weighted by atomic mass is 32.2. The normalized spacial score (nSPS) is 21.8. The Morgan fingerprint density at radius 3 is 2.45 bits per heavy atom. The molecule has 33 heavy (non-hydrogen) atoms. The molecule has 0 N–H and O–H groups in total. The van der Waals surface area contributed by atoms with Crippen molar-refractivity contribution in [1.29, 1.82) is 0 Å². The van der Waals surface area contributed by atoms with Crippen molar-refractivity contribution < 1.29 is 13.2 Å². The lowest BCUT2D eigenvalue weighted by molar-refractivity contribution is -0.112. The third-order valence-corrected chi connectivity index (χ3v) is 9.10. The summed E-state index contributed by atoms with van der Waals surface area (Å²) in [5.41, 5.74) is 5.78. The van der Waals surface area contributed by atoms with Crippen LogP contribution in [0.4, 0.5) is 11.4 Å². The second-order valence-electron chi connectivity index (χ2n) is 9.47. The molecule has 1 saturated heterocycles. The number of hydrogen-bond donors (Lipinski definition) is 0. The minimum Gasteiger partial charge on any atom is -0.366 e. The van der Waals surface area contributed by atoms with Crippen molar-refractivity contribution in [2.45, 2.75) is 50.5 Å². The average molecular weight is 466 g/mol. The number of amides is 1. The summed E-state index contributed by atoms with van der Waals surface area (Å²) in [5.74, 6) is -0.0168. The molecule has 2 aromatic rings. The van der Waals surface area contributed by atoms with Crippen LogP contribution >= 0.6 is 0 Å². The Morgan fingerprint density at radius 1 is 1.00 bits per heavy atom. The van der Waals surface area contributed by atoms with E-state index in [-0.39, 0.29) is 16.8 Å². The molecular weight excluding hydrogens is 434 g/mol. The molecule has 2 aliphatic heterocycles. The summed E-state index contributed by atoms with van der Waals surface area (Å²) in [5, 5.41) is 0. The van der Waals surface area contributed by atoms with Crippen molar-refractivity contribution in [2.24, 2.45) is 0 Å². The SMILES string of the molecule is Cc1cccc(N2CCN(S(=O)(=O)c3ccc4c(c3)C(=C3CCCC3)C(=O)N4C)CC2C)c1. The zero-order chi connectivity index (χ0) is 23.3. The number of carbonyl (C=O) groups is 1. The zero-order valence-electron chi connectivity index (χ0n) is 19.5. The third kappa shape index (κ3) is 3.77. The van der Waals surface area contributed by atoms with Crippen molar-refractivity contribution in [3.63, 3.8) is 0 Å². The molecule has 0 spiro atoms. The van der Waals surface area contributed by atoms with Gasteiger partial charge in [-0.1, -0.05) is 17.7 Å². The standard InChI is InChI=1S/C26H31N3O3S/c1-18-7-6-10-21(15-18)29-14-13-28(17-19(29)2)33(31,32)22-11-12-24-23(16-22)25(26(30)27(24)3)20-8-4-5-9-20/h6-7,10-12,15-16,19H,4-5,8-9,13-14,17H2,1-3H3. The van der Waals surface area contributed by atoms with Crippen molar-refractivity contribution in [1.82, 2.24) is 4.31 Å². The molecular formula is C26H31N3O3S. The van der Waals surface area contributed by atoms with Gasteiger partial charge in [0.1, 0.15) is 0 Å². The maximum Gasteiger partial charge on any atom is 0.258 e. The lowest BCUT2D eigenvalue weighted by atomic mass is 10.00. The maximum absolute atomic E-state index is 13.6. The van der Waals surface area contributed by atoms with Crippen LogP contribution in [0.25, 0.3) is 5.57 Å². The lowest BCUT2D eigenvalue weighted by Crippen LogP contribution is -2.53. The molecule has 174 valence electrons. The largest absolute Gasteiger partial charge is 0.366 e. The van der Waals surface area contributed by atoms with E-state index in [0.29, 0.717) is 19.6 Å². The smallest absolute Gasteiger partial charge is 0.258 e. The van der Waals surface area contributed by atoms with Crippen LogP contribution in [0, 0.1) is 6.92 Å². The Kier molecular flexibility index (Phi) is 5.57. The minimum atomic E-state index is -3.66. The molecule has 2 fully saturated rings. The Bertz CT molecular complexity index is 1240. The van der Waals surface area contributed by atoms with Gasteiger partial charge in [0, 0.05) is 49.5 Å². The van der Waals surface area contributed by atoms with E-state index in [1.807, 2.05) is 6.07 Å². The van der Waals surface area contributed by atoms with E-state index >= 15 is 0 Å². The summed E-state index contributed by atoms with van der Waals surface area (Å²) in [6.07, 6.45) is 4.02. The monoisotopic (exact) mass is 465 g/mol. The van der Waals surface area contributed by atoms with Gasteiger partial charge in [-0.05, 0) is 75.4 Å². The first kappa shape index (κ1) is 22.2. The van der Waals surface area contributed by atoms with E-state index in [1.54, 1.807) is 34.5 Å². The van der Waals surface area contributed by atoms with Gasteiger partial charge in [-0.3, -0.25) is 4.79 Å². The topological polar surface area (TPSA) is 60.9 Å². The summed E-state index contributed by atoms with van der Waals surface area (Å²) >= 11 is 0. The highest BCUT2D eigenvalue weighted by molar-refractivity contribution is 7.89. The fourth-order valence-corrected chi connectivity index (χ4v) is 6.97. The fourth-order valence-electron chi connectivity index (χ4n) is 5.44. The number of rotatable bonds is 3. The summed E-state index contributed by atoms with van der Waals surface area (Å²) in [6.45, 7) is 5.65. The number of hydrogen-bond acceptors (Lipinski definition) is 4. The van der Waals surface area contributed by atoms with Gasteiger partial charge in [-0.15, -0.1) is 0 Å². The maximum atomic E-state index is 13.6. The van der Waals surface area contributed by atoms with Crippen molar-refractivity contribution in [3.8, 4) is 0 Å². The second kappa shape index (κ2) is 8.29. The van der Waals surface area contributed by atoms with Crippen molar-refractivity contribution in [2.75, 3.05) is 36.5 Å². The average Bonchev–Trinajstić information content (AvgIpc) is 3.40. The first-order valence-electron chi connectivity index (χ1n) is 11.8. The van der Waals surface area contributed by atoms with Crippen LogP contribution in [-0.4, -0.2) is 51.4 Å². The third-order valence-electron chi connectivity index (χ3n) is 7.24. The first-order chi connectivity index (χ1) is 15.8. The predicted molar refractivity (Wildman–Crippen MR) is 132 cm³/mol. The number of piperazine rings is 1. The van der Waals surface area contributed by atoms with Gasteiger partial charge >= 0.3 is 0 Å². The molecule has 2 aromatic carbocycles. The Balaban J connectivity index is 1.44. The number of likely N-dealkylation sites (N-methyl/N-ethyl adjacent to an activating group) is 1. The highest BCUT2D eigenvalue weighted by Gasteiger charge is 2.36. The molecule has 1 atom stereocenters. The van der Waals surface area contributed by atoms with Crippen molar-refractivity contribution in [3.05, 3.63) is 59.2 Å². The van der Waals surface area contributed by atoms with E-state index in [1.165, 1.54) is 11.1 Å². The molecule has 2 heterocycles. The molecule has 0 bridgehead atoms. The molecule has 1 saturated carbocycles. The molecule has 6 nitrogen and oxygen atoms in total. The van der Waals surface area contributed by atoms with E-state index in [4.69, 9.17) is 0 Å². The van der Waals surface area contributed by atoms with E-state index in [0.717, 1.165) is 48.2 Å². The summed E-state index contributed by atoms with van der Waals surface area (Å²) in [6, 6.07) is 13.6. The zero-order valence-corrected chi connectivity index (χ0v) is 20.4. The molecule has 1 amide bonds. The van der Waals surface area contributed by atoms with Crippen LogP contribution in [0.2, 0.25) is 0 Å². The van der Waals surface area contributed by atoms with E-state index in [9.17, 15) is 13.2 Å². The Hall–Kier alpha value is -2.64. The van der Waals surface area contributed by atoms with Crippen LogP contribution in [0.1, 0.15) is 43.7 Å². The van der Waals surface area contributed by atoms with Gasteiger partial charge in [0.25, 0.3) is 5.91 Å². The number of benzene rings is 2. The van der Waals surface area contributed by atoms with Crippen LogP contribution in [-0.2, 0) is 14.8 Å².